The number of aliphatic hydroxyl groups is 1. The van der Waals surface area contributed by atoms with Gasteiger partial charge in [0.05, 0.1) is 70.2 Å². The van der Waals surface area contributed by atoms with E-state index in [1.165, 1.54) is 0 Å². The first-order chi connectivity index (χ1) is 40.5. The lowest BCUT2D eigenvalue weighted by Crippen LogP contribution is -2.56. The summed E-state index contributed by atoms with van der Waals surface area (Å²) in [6.45, 7) is 13.5. The van der Waals surface area contributed by atoms with Crippen LogP contribution in [0.5, 0.6) is 0 Å². The van der Waals surface area contributed by atoms with Crippen molar-refractivity contribution in [2.45, 2.75) is 64.5 Å². The molecule has 3 atom stereocenters. The molecule has 1 aromatic rings. The van der Waals surface area contributed by atoms with E-state index in [1.54, 1.807) is 48.1 Å². The highest BCUT2D eigenvalue weighted by atomic mass is 28.3. The van der Waals surface area contributed by atoms with Crippen LogP contribution in [0, 0.1) is 11.5 Å². The molecule has 3 rings (SSSR count). The molecule has 0 aliphatic carbocycles. The summed E-state index contributed by atoms with van der Waals surface area (Å²) in [6, 6.07) is 4.64. The van der Waals surface area contributed by atoms with Gasteiger partial charge in [0.15, 0.2) is 0 Å². The molecule has 0 spiro atoms. The van der Waals surface area contributed by atoms with Crippen LogP contribution in [0.1, 0.15) is 31.4 Å². The summed E-state index contributed by atoms with van der Waals surface area (Å²) in [5.74, 6) is -5.72. The van der Waals surface area contributed by atoms with Crippen molar-refractivity contribution in [3.8, 4) is 11.5 Å². The fourth-order valence-electron chi connectivity index (χ4n) is 9.38. The van der Waals surface area contributed by atoms with Crippen molar-refractivity contribution in [3.05, 3.63) is 47.7 Å². The standard InChI is InChI=1S/C56H91N13O16Si/c1-41(70)35-62-15-16-63(36-49(73)74)17-20-65(38-51(77)78)24-28-68(27-23-62)42(2)54(83)59-33-47(71)58-32-46(56(85)57-14-7-8-44-9-11-45(12-10-44)13-31-86(4,5)6)61-48(72)34-60-55(84)43(3)69-29-25-66(39-52(79)80)21-18-64(37-50(75)76)19-22-67(26-30-69)40-53(81)82/h9-12,42-43,46,70H,1,7-8,14-30,32-40H2,2-6H3,(H,57,85)(H,58,71)(H,59,83)(H,60,84)(H,61,72)(H,73,74)(H,75,76)(H,77,78)(H,79,80)(H,81,82). The summed E-state index contributed by atoms with van der Waals surface area (Å²) in [7, 11) is -1.58. The lowest BCUT2D eigenvalue weighted by molar-refractivity contribution is -0.140. The Morgan fingerprint density at radius 2 is 0.837 bits per heavy atom. The fourth-order valence-corrected chi connectivity index (χ4v) is 9.90. The van der Waals surface area contributed by atoms with Gasteiger partial charge in [-0.25, -0.2) is 0 Å². The number of rotatable bonds is 28. The average molecular weight is 1230 g/mol. The third-order valence-electron chi connectivity index (χ3n) is 14.3. The molecule has 0 bridgehead atoms. The molecule has 2 heterocycles. The Morgan fingerprint density at radius 3 is 1.19 bits per heavy atom. The molecule has 0 aromatic heterocycles. The van der Waals surface area contributed by atoms with Crippen LogP contribution in [0.15, 0.2) is 36.6 Å². The summed E-state index contributed by atoms with van der Waals surface area (Å²) in [4.78, 5) is 140. The van der Waals surface area contributed by atoms with Crippen LogP contribution in [0.2, 0.25) is 19.6 Å². The monoisotopic (exact) mass is 1230 g/mol. The van der Waals surface area contributed by atoms with Crippen molar-refractivity contribution in [1.82, 2.24) is 65.8 Å². The van der Waals surface area contributed by atoms with Crippen molar-refractivity contribution in [1.29, 1.82) is 0 Å². The number of benzene rings is 1. The second-order valence-electron chi connectivity index (χ2n) is 22.6. The number of carbonyl (C=O) groups excluding carboxylic acids is 5. The molecular weight excluding hydrogens is 1140 g/mol. The number of carboxylic acid groups (broad SMARTS) is 5. The highest BCUT2D eigenvalue weighted by Crippen LogP contribution is 2.10. The first kappa shape index (κ1) is 73.2. The molecule has 29 nitrogen and oxygen atoms in total. The first-order valence-corrected chi connectivity index (χ1v) is 32.3. The number of amides is 5. The quantitative estimate of drug-likeness (QED) is 0.0168. The van der Waals surface area contributed by atoms with Gasteiger partial charge >= 0.3 is 29.8 Å². The molecular formula is C56H91N13O16Si. The van der Waals surface area contributed by atoms with Crippen LogP contribution in [0.3, 0.4) is 0 Å². The zero-order valence-electron chi connectivity index (χ0n) is 50.4. The SMILES string of the molecule is C=C(O)CN1CCN(CC(=O)O)CCN(CC(=O)O)CCN(C(C)C(=O)NCC(=O)NCC(NC(=O)CNC(=O)C(C)N2CCN(CC(=O)O)CCN(CC(=O)O)CCN(CC(=O)O)CC2)C(=O)NCCCc2ccc(C#C[Si](C)(C)C)cc2)CC1. The fraction of sp³-hybridized carbons (Fsp3) is 0.643. The van der Waals surface area contributed by atoms with Gasteiger partial charge in [-0.15, -0.1) is 5.54 Å². The minimum absolute atomic E-state index is 0.0767. The Balaban J connectivity index is 1.74. The average Bonchev–Trinajstić information content (AvgIpc) is 3.61. The first-order valence-electron chi connectivity index (χ1n) is 28.8. The Kier molecular flexibility index (Phi) is 32.5. The summed E-state index contributed by atoms with van der Waals surface area (Å²) in [6.07, 6.45) is 1.10. The van der Waals surface area contributed by atoms with Crippen molar-refractivity contribution >= 4 is 67.5 Å². The van der Waals surface area contributed by atoms with Crippen molar-refractivity contribution < 1.29 is 78.6 Å². The zero-order chi connectivity index (χ0) is 63.9. The summed E-state index contributed by atoms with van der Waals surface area (Å²) in [5, 5.41) is 71.2. The molecule has 2 fully saturated rings. The van der Waals surface area contributed by atoms with Gasteiger partial charge in [-0.2, -0.15) is 0 Å². The Hall–Kier alpha value is -7.08. The lowest BCUT2D eigenvalue weighted by atomic mass is 10.1. The van der Waals surface area contributed by atoms with Crippen molar-refractivity contribution in [2.24, 2.45) is 0 Å². The van der Waals surface area contributed by atoms with Crippen LogP contribution in [0.25, 0.3) is 0 Å². The van der Waals surface area contributed by atoms with Crippen molar-refractivity contribution in [3.63, 3.8) is 0 Å². The van der Waals surface area contributed by atoms with Crippen molar-refractivity contribution in [2.75, 3.05) is 170 Å². The van der Waals surface area contributed by atoms with Crippen LogP contribution in [-0.2, 0) is 54.4 Å². The van der Waals surface area contributed by atoms with Crippen LogP contribution < -0.4 is 26.6 Å². The van der Waals surface area contributed by atoms with Gasteiger partial charge < -0.3 is 57.2 Å². The second-order valence-corrected chi connectivity index (χ2v) is 27.3. The van der Waals surface area contributed by atoms with E-state index < -0.39 is 105 Å². The van der Waals surface area contributed by atoms with Gasteiger partial charge in [-0.1, -0.05) is 44.3 Å². The van der Waals surface area contributed by atoms with E-state index >= 15 is 0 Å². The van der Waals surface area contributed by atoms with E-state index in [0.29, 0.717) is 25.9 Å². The van der Waals surface area contributed by atoms with Gasteiger partial charge in [-0.3, -0.25) is 87.1 Å². The van der Waals surface area contributed by atoms with Gasteiger partial charge in [0.2, 0.25) is 29.5 Å². The highest BCUT2D eigenvalue weighted by molar-refractivity contribution is 6.83. The predicted molar refractivity (Wildman–Crippen MR) is 320 cm³/mol. The maximum absolute atomic E-state index is 13.8. The van der Waals surface area contributed by atoms with Gasteiger partial charge in [-0.05, 0) is 44.4 Å². The number of aliphatic hydroxyl groups excluding tert-OH is 1. The highest BCUT2D eigenvalue weighted by Gasteiger charge is 2.29. The number of nitrogens with zero attached hydrogens (tertiary/aromatic N) is 8. The molecule has 2 aliphatic rings. The molecule has 480 valence electrons. The van der Waals surface area contributed by atoms with Gasteiger partial charge in [0.1, 0.15) is 14.1 Å². The normalized spacial score (nSPS) is 17.8. The molecule has 1 aromatic carbocycles. The van der Waals surface area contributed by atoms with E-state index in [9.17, 15) is 78.6 Å². The summed E-state index contributed by atoms with van der Waals surface area (Å²) in [5.41, 5.74) is 5.24. The second kappa shape index (κ2) is 38.2. The summed E-state index contributed by atoms with van der Waals surface area (Å²) >= 11 is 0. The third kappa shape index (κ3) is 31.3. The maximum Gasteiger partial charge on any atom is 0.317 e. The molecule has 5 amide bonds. The summed E-state index contributed by atoms with van der Waals surface area (Å²) < 4.78 is 0. The largest absolute Gasteiger partial charge is 0.512 e. The minimum Gasteiger partial charge on any atom is -0.512 e. The molecule has 30 heteroatoms. The van der Waals surface area contributed by atoms with E-state index in [0.717, 1.165) is 11.1 Å². The number of aliphatic carboxylic acids is 5. The number of carboxylic acids is 5. The number of aryl methyl sites for hydroxylation is 1. The van der Waals surface area contributed by atoms with Crippen LogP contribution in [0.4, 0.5) is 0 Å². The zero-order valence-corrected chi connectivity index (χ0v) is 51.4. The smallest absolute Gasteiger partial charge is 0.317 e. The number of nitrogens with one attached hydrogen (secondary N) is 5. The predicted octanol–water partition coefficient (Wildman–Crippen LogP) is -3.49. The third-order valence-corrected chi connectivity index (χ3v) is 15.2. The van der Waals surface area contributed by atoms with E-state index in [1.807, 2.05) is 29.2 Å². The van der Waals surface area contributed by atoms with Crippen LogP contribution in [-0.4, -0.2) is 326 Å². The number of carbonyl (C=O) groups is 10. The minimum atomic E-state index is -1.58. The van der Waals surface area contributed by atoms with E-state index in [4.69, 9.17) is 0 Å². The van der Waals surface area contributed by atoms with Gasteiger partial charge in [0, 0.05) is 123 Å². The van der Waals surface area contributed by atoms with Crippen LogP contribution >= 0.6 is 0 Å². The molecule has 3 unspecified atom stereocenters. The molecule has 0 radical (unpaired) electrons. The number of hydrogen-bond acceptors (Lipinski definition) is 19. The topological polar surface area (TPSA) is 378 Å². The van der Waals surface area contributed by atoms with E-state index in [-0.39, 0.29) is 143 Å². The lowest BCUT2D eigenvalue weighted by Gasteiger charge is -2.35. The Morgan fingerprint density at radius 1 is 0.488 bits per heavy atom. The molecule has 2 saturated heterocycles. The molecule has 86 heavy (non-hydrogen) atoms. The maximum atomic E-state index is 13.8. The van der Waals surface area contributed by atoms with E-state index in [2.05, 4.69) is 64.3 Å². The van der Waals surface area contributed by atoms with Gasteiger partial charge in [0.25, 0.3) is 0 Å². The number of hydrogen-bond donors (Lipinski definition) is 11. The Bertz CT molecular complexity index is 2450. The molecule has 2 aliphatic heterocycles. The Labute approximate surface area is 504 Å². The molecule has 0 saturated carbocycles. The molecule has 11 N–H and O–H groups in total.